The van der Waals surface area contributed by atoms with Gasteiger partial charge in [0.05, 0.1) is 25.6 Å². The highest BCUT2D eigenvalue weighted by molar-refractivity contribution is 9.15. The maximum Gasteiger partial charge on any atom is 0.119 e. The average Bonchev–Trinajstić information content (AvgIpc) is 2.84. The van der Waals surface area contributed by atoms with E-state index in [4.69, 9.17) is 14.5 Å². The molecule has 1 heterocycles. The molecule has 0 N–H and O–H groups in total. The zero-order valence-corrected chi connectivity index (χ0v) is 13.9. The third-order valence-electron chi connectivity index (χ3n) is 4.16. The second kappa shape index (κ2) is 4.99. The van der Waals surface area contributed by atoms with Crippen LogP contribution in [0.2, 0.25) is 0 Å². The summed E-state index contributed by atoms with van der Waals surface area (Å²) in [7, 11) is 3.37. The van der Waals surface area contributed by atoms with Gasteiger partial charge in [-0.2, -0.15) is 0 Å². The van der Waals surface area contributed by atoms with Crippen LogP contribution in [-0.4, -0.2) is 19.9 Å². The lowest BCUT2D eigenvalue weighted by Crippen LogP contribution is -2.08. The van der Waals surface area contributed by atoms with Crippen molar-refractivity contribution in [1.29, 1.82) is 0 Å². The largest absolute Gasteiger partial charge is 0.497 e. The topological polar surface area (TPSA) is 30.8 Å². The fraction of sp³-hybridized carbons (Fsp3) is 0.167. The third-order valence-corrected chi connectivity index (χ3v) is 5.06. The van der Waals surface area contributed by atoms with Crippen LogP contribution in [0.1, 0.15) is 16.7 Å². The lowest BCUT2D eigenvalue weighted by molar-refractivity contribution is 0.414. The summed E-state index contributed by atoms with van der Waals surface area (Å²) in [5.74, 6) is 1.72. The number of allylic oxidation sites excluding steroid dienone is 1. The zero-order chi connectivity index (χ0) is 15.3. The van der Waals surface area contributed by atoms with Crippen LogP contribution in [0.3, 0.4) is 0 Å². The summed E-state index contributed by atoms with van der Waals surface area (Å²) in [6, 6.07) is 12.2. The quantitative estimate of drug-likeness (QED) is 0.793. The van der Waals surface area contributed by atoms with Crippen LogP contribution in [0.4, 0.5) is 5.69 Å². The summed E-state index contributed by atoms with van der Waals surface area (Å²) in [6.07, 6.45) is 0.850. The SMILES string of the molecule is COc1ccc2c(c1)CC1=C(Br)c3cc(OC)ccc3C1=N2. The van der Waals surface area contributed by atoms with E-state index in [-0.39, 0.29) is 0 Å². The van der Waals surface area contributed by atoms with Crippen LogP contribution in [0.25, 0.3) is 4.48 Å². The Balaban J connectivity index is 1.89. The highest BCUT2D eigenvalue weighted by Gasteiger charge is 2.30. The zero-order valence-electron chi connectivity index (χ0n) is 12.3. The Kier molecular flexibility index (Phi) is 3.08. The number of fused-ring (bicyclic) bond motifs is 4. The number of benzene rings is 2. The number of rotatable bonds is 2. The highest BCUT2D eigenvalue weighted by Crippen LogP contribution is 2.44. The Hall–Kier alpha value is -2.07. The molecule has 110 valence electrons. The van der Waals surface area contributed by atoms with Gasteiger partial charge in [-0.1, -0.05) is 0 Å². The van der Waals surface area contributed by atoms with Gasteiger partial charge in [0.15, 0.2) is 0 Å². The normalized spacial score (nSPS) is 15.0. The summed E-state index contributed by atoms with van der Waals surface area (Å²) < 4.78 is 11.8. The molecule has 0 fully saturated rings. The molecule has 1 aliphatic heterocycles. The second-order valence-corrected chi connectivity index (χ2v) is 6.13. The van der Waals surface area contributed by atoms with Crippen molar-refractivity contribution in [1.82, 2.24) is 0 Å². The minimum Gasteiger partial charge on any atom is -0.497 e. The number of methoxy groups -OCH3 is 2. The molecule has 0 saturated carbocycles. The van der Waals surface area contributed by atoms with E-state index in [1.54, 1.807) is 14.2 Å². The van der Waals surface area contributed by atoms with Gasteiger partial charge < -0.3 is 9.47 Å². The van der Waals surface area contributed by atoms with Gasteiger partial charge in [0.1, 0.15) is 11.5 Å². The Morgan fingerprint density at radius 2 is 1.68 bits per heavy atom. The molecule has 0 spiro atoms. The fourth-order valence-electron chi connectivity index (χ4n) is 3.01. The van der Waals surface area contributed by atoms with Crippen LogP contribution in [0.15, 0.2) is 47.0 Å². The number of nitrogens with zero attached hydrogens (tertiary/aromatic N) is 1. The van der Waals surface area contributed by atoms with Crippen LogP contribution < -0.4 is 9.47 Å². The first kappa shape index (κ1) is 13.6. The van der Waals surface area contributed by atoms with Crippen molar-refractivity contribution in [2.45, 2.75) is 6.42 Å². The van der Waals surface area contributed by atoms with Gasteiger partial charge in [0.2, 0.25) is 0 Å². The van der Waals surface area contributed by atoms with E-state index in [0.717, 1.165) is 44.9 Å². The van der Waals surface area contributed by atoms with Gasteiger partial charge in [0, 0.05) is 22.0 Å². The molecular weight excluding hydrogens is 342 g/mol. The van der Waals surface area contributed by atoms with E-state index in [2.05, 4.69) is 34.1 Å². The van der Waals surface area contributed by atoms with Crippen LogP contribution in [0, 0.1) is 0 Å². The number of ether oxygens (including phenoxy) is 2. The molecule has 4 heteroatoms. The minimum absolute atomic E-state index is 0.850. The minimum atomic E-state index is 0.850. The molecule has 0 unspecified atom stereocenters. The second-order valence-electron chi connectivity index (χ2n) is 5.34. The summed E-state index contributed by atoms with van der Waals surface area (Å²) in [4.78, 5) is 4.86. The Bertz CT molecular complexity index is 852. The monoisotopic (exact) mass is 355 g/mol. The molecule has 0 amide bonds. The predicted molar refractivity (Wildman–Crippen MR) is 91.7 cm³/mol. The number of halogens is 1. The van der Waals surface area contributed by atoms with Crippen molar-refractivity contribution in [3.63, 3.8) is 0 Å². The first-order chi connectivity index (χ1) is 10.7. The summed E-state index contributed by atoms with van der Waals surface area (Å²) in [5.41, 5.74) is 6.79. The smallest absolute Gasteiger partial charge is 0.119 e. The fourth-order valence-corrected chi connectivity index (χ4v) is 3.66. The summed E-state index contributed by atoms with van der Waals surface area (Å²) in [5, 5.41) is 0. The molecule has 0 atom stereocenters. The van der Waals surface area contributed by atoms with Gasteiger partial charge >= 0.3 is 0 Å². The van der Waals surface area contributed by atoms with Crippen LogP contribution in [0.5, 0.6) is 11.5 Å². The van der Waals surface area contributed by atoms with Gasteiger partial charge in [-0.3, -0.25) is 0 Å². The Labute approximate surface area is 137 Å². The standard InChI is InChI=1S/C18H14BrNO2/c1-21-11-4-6-16-10(7-11)8-15-17(19)14-9-12(22-2)3-5-13(14)18(15)20-16/h3-7,9H,8H2,1-2H3. The van der Waals surface area contributed by atoms with Crippen molar-refractivity contribution in [2.24, 2.45) is 4.99 Å². The van der Waals surface area contributed by atoms with Crippen molar-refractivity contribution < 1.29 is 9.47 Å². The molecular formula is C18H14BrNO2. The van der Waals surface area contributed by atoms with E-state index in [1.807, 2.05) is 18.2 Å². The summed E-state index contributed by atoms with van der Waals surface area (Å²) in [6.45, 7) is 0. The average molecular weight is 356 g/mol. The number of hydrogen-bond acceptors (Lipinski definition) is 3. The molecule has 0 bridgehead atoms. The molecule has 2 aromatic rings. The molecule has 1 aliphatic carbocycles. The van der Waals surface area contributed by atoms with E-state index in [1.165, 1.54) is 11.1 Å². The van der Waals surface area contributed by atoms with E-state index < -0.39 is 0 Å². The van der Waals surface area contributed by atoms with Gasteiger partial charge in [-0.25, -0.2) is 4.99 Å². The molecule has 2 aromatic carbocycles. The van der Waals surface area contributed by atoms with Crippen LogP contribution >= 0.6 is 15.9 Å². The first-order valence-corrected chi connectivity index (χ1v) is 7.84. The van der Waals surface area contributed by atoms with Crippen molar-refractivity contribution in [3.8, 4) is 11.5 Å². The van der Waals surface area contributed by atoms with Crippen molar-refractivity contribution >= 4 is 31.8 Å². The molecule has 4 rings (SSSR count). The van der Waals surface area contributed by atoms with Crippen LogP contribution in [-0.2, 0) is 6.42 Å². The summed E-state index contributed by atoms with van der Waals surface area (Å²) >= 11 is 3.74. The van der Waals surface area contributed by atoms with Crippen molar-refractivity contribution in [2.75, 3.05) is 14.2 Å². The molecule has 0 aromatic heterocycles. The molecule has 0 radical (unpaired) electrons. The van der Waals surface area contributed by atoms with E-state index >= 15 is 0 Å². The molecule has 2 aliphatic rings. The van der Waals surface area contributed by atoms with Gasteiger partial charge in [0.25, 0.3) is 0 Å². The third kappa shape index (κ3) is 1.91. The predicted octanol–water partition coefficient (Wildman–Crippen LogP) is 4.50. The van der Waals surface area contributed by atoms with E-state index in [0.29, 0.717) is 0 Å². The van der Waals surface area contributed by atoms with Gasteiger partial charge in [-0.15, -0.1) is 0 Å². The Morgan fingerprint density at radius 3 is 2.45 bits per heavy atom. The number of aliphatic imine (C=N–C) groups is 1. The molecule has 3 nitrogen and oxygen atoms in total. The first-order valence-electron chi connectivity index (χ1n) is 7.04. The highest BCUT2D eigenvalue weighted by atomic mass is 79.9. The molecule has 22 heavy (non-hydrogen) atoms. The van der Waals surface area contributed by atoms with E-state index in [9.17, 15) is 0 Å². The number of hydrogen-bond donors (Lipinski definition) is 0. The maximum absolute atomic E-state index is 5.33. The van der Waals surface area contributed by atoms with Gasteiger partial charge in [-0.05, 0) is 63.5 Å². The molecule has 0 saturated heterocycles. The maximum atomic E-state index is 5.33. The lowest BCUT2D eigenvalue weighted by Gasteiger charge is -2.16. The Morgan fingerprint density at radius 1 is 0.955 bits per heavy atom. The van der Waals surface area contributed by atoms with Crippen molar-refractivity contribution in [3.05, 3.63) is 58.7 Å². The lowest BCUT2D eigenvalue weighted by atomic mass is 9.96.